The van der Waals surface area contributed by atoms with Gasteiger partial charge >= 0.3 is 0 Å². The number of unbranched alkanes of at least 4 members (excludes halogenated alkanes) is 3. The van der Waals surface area contributed by atoms with Gasteiger partial charge in [-0.25, -0.2) is 0 Å². The van der Waals surface area contributed by atoms with Crippen molar-refractivity contribution in [2.24, 2.45) is 5.73 Å². The largest absolute Gasteiger partial charge is 0.329 e. The van der Waals surface area contributed by atoms with Gasteiger partial charge in [0.15, 0.2) is 0 Å². The van der Waals surface area contributed by atoms with E-state index in [-0.39, 0.29) is 0 Å². The maximum absolute atomic E-state index is 5.89. The van der Waals surface area contributed by atoms with Gasteiger partial charge < -0.3 is 5.73 Å². The molecule has 1 unspecified atom stereocenters. The molecule has 90 valence electrons. The molecular weight excluding hydrogens is 184 g/mol. The number of nitrogens with two attached hydrogens (primary N) is 1. The van der Waals surface area contributed by atoms with Crippen LogP contribution in [0.4, 0.5) is 0 Å². The Morgan fingerprint density at radius 1 is 1.20 bits per heavy atom. The zero-order valence-corrected chi connectivity index (χ0v) is 10.5. The van der Waals surface area contributed by atoms with E-state index < -0.39 is 0 Å². The van der Waals surface area contributed by atoms with Gasteiger partial charge in [-0.3, -0.25) is 4.90 Å². The third-order valence-electron chi connectivity index (χ3n) is 3.51. The lowest BCUT2D eigenvalue weighted by Crippen LogP contribution is -2.41. The van der Waals surface area contributed by atoms with E-state index >= 15 is 0 Å². The first kappa shape index (κ1) is 13.0. The molecule has 1 aliphatic carbocycles. The fraction of sp³-hybridized carbons (Fsp3) is 1.00. The second-order valence-corrected chi connectivity index (χ2v) is 4.80. The topological polar surface area (TPSA) is 29.3 Å². The highest BCUT2D eigenvalue weighted by molar-refractivity contribution is 4.88. The molecule has 0 radical (unpaired) electrons. The molecule has 1 aliphatic rings. The average Bonchev–Trinajstić information content (AvgIpc) is 3.06. The van der Waals surface area contributed by atoms with Gasteiger partial charge in [0.05, 0.1) is 0 Å². The smallest absolute Gasteiger partial charge is 0.0221 e. The Labute approximate surface area is 95.2 Å². The van der Waals surface area contributed by atoms with Crippen LogP contribution in [0.2, 0.25) is 0 Å². The number of likely N-dealkylation sites (N-methyl/N-ethyl adjacent to an activating group) is 1. The highest BCUT2D eigenvalue weighted by Crippen LogP contribution is 2.29. The van der Waals surface area contributed by atoms with Crippen molar-refractivity contribution in [2.75, 3.05) is 13.1 Å². The summed E-state index contributed by atoms with van der Waals surface area (Å²) in [6.45, 7) is 6.56. The SMILES string of the molecule is CCCCCCC(CN)N(CC)C1CC1. The van der Waals surface area contributed by atoms with Crippen LogP contribution in [0, 0.1) is 0 Å². The predicted molar refractivity (Wildman–Crippen MR) is 67.0 cm³/mol. The quantitative estimate of drug-likeness (QED) is 0.595. The Morgan fingerprint density at radius 2 is 1.93 bits per heavy atom. The summed E-state index contributed by atoms with van der Waals surface area (Å²) in [6, 6.07) is 1.52. The predicted octanol–water partition coefficient (Wildman–Crippen LogP) is 2.77. The van der Waals surface area contributed by atoms with Crippen molar-refractivity contribution in [3.05, 3.63) is 0 Å². The summed E-state index contributed by atoms with van der Waals surface area (Å²) >= 11 is 0. The third-order valence-corrected chi connectivity index (χ3v) is 3.51. The van der Waals surface area contributed by atoms with Crippen molar-refractivity contribution in [1.29, 1.82) is 0 Å². The lowest BCUT2D eigenvalue weighted by molar-refractivity contribution is 0.187. The van der Waals surface area contributed by atoms with Crippen LogP contribution in [-0.4, -0.2) is 30.1 Å². The molecule has 0 aromatic rings. The number of nitrogens with zero attached hydrogens (tertiary/aromatic N) is 1. The molecule has 15 heavy (non-hydrogen) atoms. The summed E-state index contributed by atoms with van der Waals surface area (Å²) in [5, 5.41) is 0. The molecule has 2 N–H and O–H groups in total. The molecule has 1 atom stereocenters. The Balaban J connectivity index is 2.20. The van der Waals surface area contributed by atoms with Crippen LogP contribution in [0.3, 0.4) is 0 Å². The van der Waals surface area contributed by atoms with Gasteiger partial charge in [0, 0.05) is 18.6 Å². The Morgan fingerprint density at radius 3 is 2.40 bits per heavy atom. The van der Waals surface area contributed by atoms with Crippen molar-refractivity contribution in [1.82, 2.24) is 4.90 Å². The van der Waals surface area contributed by atoms with Gasteiger partial charge in [0.1, 0.15) is 0 Å². The summed E-state index contributed by atoms with van der Waals surface area (Å²) in [7, 11) is 0. The van der Waals surface area contributed by atoms with Crippen molar-refractivity contribution in [3.8, 4) is 0 Å². The highest BCUT2D eigenvalue weighted by Gasteiger charge is 2.31. The van der Waals surface area contributed by atoms with Crippen LogP contribution in [0.25, 0.3) is 0 Å². The van der Waals surface area contributed by atoms with Crippen LogP contribution in [0.1, 0.15) is 58.8 Å². The molecule has 0 saturated heterocycles. The summed E-state index contributed by atoms with van der Waals surface area (Å²) in [5.41, 5.74) is 5.89. The van der Waals surface area contributed by atoms with Gasteiger partial charge in [0.2, 0.25) is 0 Å². The van der Waals surface area contributed by atoms with E-state index in [1.54, 1.807) is 0 Å². The standard InChI is InChI=1S/C13H28N2/c1-3-5-6-7-8-13(11-14)15(4-2)12-9-10-12/h12-13H,3-11,14H2,1-2H3. The number of hydrogen-bond acceptors (Lipinski definition) is 2. The van der Waals surface area contributed by atoms with Crippen molar-refractivity contribution in [3.63, 3.8) is 0 Å². The first-order valence-electron chi connectivity index (χ1n) is 6.79. The molecule has 0 amide bonds. The Bertz CT molecular complexity index is 155. The molecule has 1 fully saturated rings. The van der Waals surface area contributed by atoms with E-state index in [0.717, 1.165) is 12.6 Å². The van der Waals surface area contributed by atoms with Gasteiger partial charge in [0.25, 0.3) is 0 Å². The van der Waals surface area contributed by atoms with E-state index in [2.05, 4.69) is 18.7 Å². The zero-order valence-electron chi connectivity index (χ0n) is 10.5. The van der Waals surface area contributed by atoms with Crippen LogP contribution in [0.15, 0.2) is 0 Å². The van der Waals surface area contributed by atoms with Gasteiger partial charge in [-0.05, 0) is 25.8 Å². The zero-order chi connectivity index (χ0) is 11.1. The van der Waals surface area contributed by atoms with Crippen LogP contribution in [0.5, 0.6) is 0 Å². The van der Waals surface area contributed by atoms with Crippen LogP contribution >= 0.6 is 0 Å². The Hall–Kier alpha value is -0.0800. The minimum absolute atomic E-state index is 0.652. The summed E-state index contributed by atoms with van der Waals surface area (Å²) in [6.07, 6.45) is 9.56. The fourth-order valence-corrected chi connectivity index (χ4v) is 2.45. The average molecular weight is 212 g/mol. The first-order chi connectivity index (χ1) is 7.33. The molecule has 0 aromatic heterocycles. The van der Waals surface area contributed by atoms with E-state index in [1.165, 1.54) is 51.5 Å². The first-order valence-corrected chi connectivity index (χ1v) is 6.79. The second-order valence-electron chi connectivity index (χ2n) is 4.80. The van der Waals surface area contributed by atoms with Gasteiger partial charge in [-0.1, -0.05) is 39.5 Å². The molecule has 0 heterocycles. The molecule has 1 saturated carbocycles. The third kappa shape index (κ3) is 4.52. The van der Waals surface area contributed by atoms with E-state index in [9.17, 15) is 0 Å². The van der Waals surface area contributed by atoms with Crippen molar-refractivity contribution in [2.45, 2.75) is 70.9 Å². The van der Waals surface area contributed by atoms with E-state index in [0.29, 0.717) is 6.04 Å². The van der Waals surface area contributed by atoms with Crippen LogP contribution < -0.4 is 5.73 Å². The monoisotopic (exact) mass is 212 g/mol. The molecule has 1 rings (SSSR count). The van der Waals surface area contributed by atoms with E-state index in [4.69, 9.17) is 5.73 Å². The fourth-order valence-electron chi connectivity index (χ4n) is 2.45. The van der Waals surface area contributed by atoms with Crippen molar-refractivity contribution >= 4 is 0 Å². The van der Waals surface area contributed by atoms with Gasteiger partial charge in [-0.2, -0.15) is 0 Å². The van der Waals surface area contributed by atoms with E-state index in [1.807, 2.05) is 0 Å². The molecule has 0 spiro atoms. The lowest BCUT2D eigenvalue weighted by atomic mass is 10.1. The molecule has 2 heteroatoms. The molecule has 0 aliphatic heterocycles. The molecule has 0 bridgehead atoms. The number of hydrogen-bond donors (Lipinski definition) is 1. The Kier molecular flexibility index (Phi) is 6.26. The maximum Gasteiger partial charge on any atom is 0.0221 e. The lowest BCUT2D eigenvalue weighted by Gasteiger charge is -2.29. The normalized spacial score (nSPS) is 18.4. The maximum atomic E-state index is 5.89. The molecule has 2 nitrogen and oxygen atoms in total. The minimum Gasteiger partial charge on any atom is -0.329 e. The number of rotatable bonds is 9. The minimum atomic E-state index is 0.652. The molecule has 0 aromatic carbocycles. The summed E-state index contributed by atoms with van der Waals surface area (Å²) in [4.78, 5) is 2.63. The van der Waals surface area contributed by atoms with Gasteiger partial charge in [-0.15, -0.1) is 0 Å². The van der Waals surface area contributed by atoms with Crippen molar-refractivity contribution < 1.29 is 0 Å². The van der Waals surface area contributed by atoms with Crippen LogP contribution in [-0.2, 0) is 0 Å². The second kappa shape index (κ2) is 7.24. The summed E-state index contributed by atoms with van der Waals surface area (Å²) < 4.78 is 0. The summed E-state index contributed by atoms with van der Waals surface area (Å²) in [5.74, 6) is 0. The highest BCUT2D eigenvalue weighted by atomic mass is 15.2. The molecular formula is C13H28N2.